The summed E-state index contributed by atoms with van der Waals surface area (Å²) in [5.41, 5.74) is 1.72. The number of rotatable bonds is 2. The zero-order valence-electron chi connectivity index (χ0n) is 9.04. The van der Waals surface area contributed by atoms with Crippen molar-refractivity contribution in [3.63, 3.8) is 0 Å². The summed E-state index contributed by atoms with van der Waals surface area (Å²) >= 11 is 0. The molecule has 0 aromatic heterocycles. The molecule has 0 unspecified atom stereocenters. The first kappa shape index (κ1) is 10.5. The highest BCUT2D eigenvalue weighted by Gasteiger charge is 2.15. The normalized spacial score (nSPS) is 12.3. The second kappa shape index (κ2) is 4.07. The Kier molecular flexibility index (Phi) is 3.28. The van der Waals surface area contributed by atoms with Crippen molar-refractivity contribution >= 4 is 10.4 Å². The number of nitrogens with zero attached hydrogens (tertiary/aromatic N) is 1. The second-order valence-corrected chi connectivity index (χ2v) is 5.59. The van der Waals surface area contributed by atoms with E-state index in [4.69, 9.17) is 0 Å². The van der Waals surface area contributed by atoms with Gasteiger partial charge in [0, 0.05) is 12.1 Å². The molecule has 0 saturated heterocycles. The zero-order chi connectivity index (χ0) is 9.90. The van der Waals surface area contributed by atoms with E-state index in [9.17, 15) is 0 Å². The molecule has 1 nitrogen and oxygen atoms in total. The zero-order valence-corrected chi connectivity index (χ0v) is 11.0. The summed E-state index contributed by atoms with van der Waals surface area (Å²) < 4.78 is 2.49. The van der Waals surface area contributed by atoms with Gasteiger partial charge in [0.2, 0.25) is 0 Å². The molecule has 0 radical (unpaired) electrons. The molecular formula is C11H19NSi. The lowest BCUT2D eigenvalue weighted by molar-refractivity contribution is 0.253. The highest BCUT2D eigenvalue weighted by Crippen LogP contribution is 2.13. The Balaban J connectivity index is 2.61. The molecule has 0 heterocycles. The quantitative estimate of drug-likeness (QED) is 0.645. The Morgan fingerprint density at radius 2 is 1.69 bits per heavy atom. The Morgan fingerprint density at radius 1 is 1.15 bits per heavy atom. The summed E-state index contributed by atoms with van der Waals surface area (Å²) in [6, 6.07) is 10.7. The second-order valence-electron chi connectivity index (χ2n) is 4.51. The van der Waals surface area contributed by atoms with Crippen LogP contribution in [0.2, 0.25) is 0 Å². The van der Waals surface area contributed by atoms with Crippen LogP contribution in [0, 0.1) is 0 Å². The maximum Gasteiger partial charge on any atom is 0.0795 e. The highest BCUT2D eigenvalue weighted by atomic mass is 28.2. The van der Waals surface area contributed by atoms with E-state index in [0.717, 1.165) is 16.9 Å². The monoisotopic (exact) mass is 193 g/mol. The van der Waals surface area contributed by atoms with Crippen LogP contribution in [0.15, 0.2) is 30.3 Å². The maximum absolute atomic E-state index is 2.49. The van der Waals surface area contributed by atoms with Gasteiger partial charge in [-0.05, 0) is 26.3 Å². The van der Waals surface area contributed by atoms with Crippen molar-refractivity contribution in [2.75, 3.05) is 0 Å². The Hall–Kier alpha value is -0.603. The van der Waals surface area contributed by atoms with Crippen LogP contribution in [0.4, 0.5) is 0 Å². The third kappa shape index (κ3) is 3.33. The maximum atomic E-state index is 2.49. The lowest BCUT2D eigenvalue weighted by atomic mass is 10.1. The van der Waals surface area contributed by atoms with Crippen LogP contribution < -0.4 is 0 Å². The molecule has 0 aliphatic rings. The minimum absolute atomic E-state index is 0.308. The van der Waals surface area contributed by atoms with E-state index in [1.54, 1.807) is 0 Å². The highest BCUT2D eigenvalue weighted by molar-refractivity contribution is 6.04. The molecule has 1 aromatic rings. The Morgan fingerprint density at radius 3 is 2.15 bits per heavy atom. The van der Waals surface area contributed by atoms with Crippen molar-refractivity contribution < 1.29 is 0 Å². The van der Waals surface area contributed by atoms with Crippen molar-refractivity contribution in [3.05, 3.63) is 35.9 Å². The average Bonchev–Trinajstić information content (AvgIpc) is 2.04. The first-order valence-corrected chi connectivity index (χ1v) is 5.65. The molecule has 72 valence electrons. The SMILES string of the molecule is CC(C)(C)N([SiH3])Cc1ccccc1. The van der Waals surface area contributed by atoms with E-state index in [0.29, 0.717) is 5.54 Å². The van der Waals surface area contributed by atoms with Crippen molar-refractivity contribution in [2.24, 2.45) is 0 Å². The lowest BCUT2D eigenvalue weighted by Gasteiger charge is -2.32. The molecule has 0 aliphatic carbocycles. The van der Waals surface area contributed by atoms with Crippen molar-refractivity contribution in [1.29, 1.82) is 0 Å². The molecule has 0 atom stereocenters. The van der Waals surface area contributed by atoms with Gasteiger partial charge in [0.15, 0.2) is 0 Å². The Bertz CT molecular complexity index is 251. The van der Waals surface area contributed by atoms with Gasteiger partial charge < -0.3 is 4.57 Å². The molecule has 0 amide bonds. The molecule has 0 N–H and O–H groups in total. The van der Waals surface area contributed by atoms with Crippen molar-refractivity contribution in [1.82, 2.24) is 4.57 Å². The van der Waals surface area contributed by atoms with E-state index < -0.39 is 0 Å². The van der Waals surface area contributed by atoms with E-state index in [2.05, 4.69) is 55.7 Å². The molecule has 1 rings (SSSR count). The molecule has 1 aromatic carbocycles. The van der Waals surface area contributed by atoms with Crippen molar-refractivity contribution in [2.45, 2.75) is 32.9 Å². The van der Waals surface area contributed by atoms with Gasteiger partial charge in [-0.3, -0.25) is 0 Å². The predicted octanol–water partition coefficient (Wildman–Crippen LogP) is 1.57. The predicted molar refractivity (Wildman–Crippen MR) is 61.7 cm³/mol. The van der Waals surface area contributed by atoms with E-state index >= 15 is 0 Å². The number of benzene rings is 1. The van der Waals surface area contributed by atoms with Crippen LogP contribution in [0.3, 0.4) is 0 Å². The summed E-state index contributed by atoms with van der Waals surface area (Å²) in [5, 5.41) is 0. The number of hydrogen-bond donors (Lipinski definition) is 0. The molecule has 0 saturated carbocycles. The van der Waals surface area contributed by atoms with Gasteiger partial charge in [-0.1, -0.05) is 30.3 Å². The van der Waals surface area contributed by atoms with Gasteiger partial charge in [0.25, 0.3) is 0 Å². The van der Waals surface area contributed by atoms with Crippen LogP contribution >= 0.6 is 0 Å². The summed E-state index contributed by atoms with van der Waals surface area (Å²) in [7, 11) is 1.12. The molecule has 0 fully saturated rings. The average molecular weight is 193 g/mol. The summed E-state index contributed by atoms with van der Waals surface area (Å²) in [6.07, 6.45) is 0. The third-order valence-corrected chi connectivity index (χ3v) is 4.07. The summed E-state index contributed by atoms with van der Waals surface area (Å²) in [4.78, 5) is 0. The van der Waals surface area contributed by atoms with Crippen LogP contribution in [0.5, 0.6) is 0 Å². The molecule has 0 spiro atoms. The topological polar surface area (TPSA) is 3.24 Å². The minimum atomic E-state index is 0.308. The van der Waals surface area contributed by atoms with E-state index in [1.165, 1.54) is 5.56 Å². The summed E-state index contributed by atoms with van der Waals surface area (Å²) in [6.45, 7) is 7.88. The van der Waals surface area contributed by atoms with Crippen LogP contribution in [0.25, 0.3) is 0 Å². The molecular weight excluding hydrogens is 174 g/mol. The van der Waals surface area contributed by atoms with Crippen LogP contribution in [-0.2, 0) is 6.54 Å². The molecule has 0 bridgehead atoms. The van der Waals surface area contributed by atoms with Gasteiger partial charge in [-0.15, -0.1) is 0 Å². The van der Waals surface area contributed by atoms with E-state index in [1.807, 2.05) is 0 Å². The molecule has 2 heteroatoms. The van der Waals surface area contributed by atoms with Crippen LogP contribution in [-0.4, -0.2) is 20.5 Å². The first-order chi connectivity index (χ1) is 6.00. The smallest absolute Gasteiger partial charge is 0.0795 e. The lowest BCUT2D eigenvalue weighted by Crippen LogP contribution is -2.38. The minimum Gasteiger partial charge on any atom is -0.324 e. The van der Waals surface area contributed by atoms with Crippen molar-refractivity contribution in [3.8, 4) is 0 Å². The molecule has 13 heavy (non-hydrogen) atoms. The standard InChI is InChI=1S/C11H19NSi/c1-11(2,3)12(13)9-10-7-5-4-6-8-10/h4-8H,9H2,1-3,13H3. The number of hydrogen-bond acceptors (Lipinski definition) is 1. The van der Waals surface area contributed by atoms with Gasteiger partial charge in [-0.25, -0.2) is 0 Å². The fourth-order valence-corrected chi connectivity index (χ4v) is 1.46. The fraction of sp³-hybridized carbons (Fsp3) is 0.455. The largest absolute Gasteiger partial charge is 0.324 e. The first-order valence-electron chi connectivity index (χ1n) is 4.75. The third-order valence-electron chi connectivity index (χ3n) is 2.41. The van der Waals surface area contributed by atoms with Crippen LogP contribution in [0.1, 0.15) is 26.3 Å². The summed E-state index contributed by atoms with van der Waals surface area (Å²) in [5.74, 6) is 0. The fourth-order valence-electron chi connectivity index (χ4n) is 1.09. The Labute approximate surface area is 84.3 Å². The molecule has 0 aliphatic heterocycles. The van der Waals surface area contributed by atoms with Gasteiger partial charge in [-0.2, -0.15) is 0 Å². The van der Waals surface area contributed by atoms with Gasteiger partial charge in [0.1, 0.15) is 0 Å². The van der Waals surface area contributed by atoms with Gasteiger partial charge in [0.05, 0.1) is 10.4 Å². The van der Waals surface area contributed by atoms with E-state index in [-0.39, 0.29) is 0 Å². The van der Waals surface area contributed by atoms with Gasteiger partial charge >= 0.3 is 0 Å².